The number of rotatable bonds is 43. The van der Waals surface area contributed by atoms with Crippen LogP contribution >= 0.6 is 7.82 Å². The van der Waals surface area contributed by atoms with E-state index >= 15 is 0 Å². The molecule has 0 aliphatic carbocycles. The third kappa shape index (κ3) is 35.2. The molecule has 13 heteroatoms. The Balaban J connectivity index is 2.25. The average molecular weight is 858 g/mol. The van der Waals surface area contributed by atoms with Gasteiger partial charge in [-0.25, -0.2) is 4.57 Å². The highest BCUT2D eigenvalue weighted by atomic mass is 31.2. The SMILES string of the molecule is CCCCC/C=C\CC1OC1CCCCCCCC(=O)OC[C@H](COP(=O)(O)OC[C@H](N)C(=O)O)OC(=O)CCCCCCCCCCC/C=C\CCCCCCCC. The van der Waals surface area contributed by atoms with E-state index in [1.807, 2.05) is 0 Å². The van der Waals surface area contributed by atoms with Crippen LogP contribution in [0.4, 0.5) is 0 Å². The van der Waals surface area contributed by atoms with Gasteiger partial charge in [-0.2, -0.15) is 0 Å². The van der Waals surface area contributed by atoms with Gasteiger partial charge >= 0.3 is 25.7 Å². The summed E-state index contributed by atoms with van der Waals surface area (Å²) >= 11 is 0. The highest BCUT2D eigenvalue weighted by Crippen LogP contribution is 2.43. The number of hydrogen-bond acceptors (Lipinski definition) is 10. The predicted molar refractivity (Wildman–Crippen MR) is 235 cm³/mol. The lowest BCUT2D eigenvalue weighted by molar-refractivity contribution is -0.161. The van der Waals surface area contributed by atoms with Gasteiger partial charge in [0, 0.05) is 12.8 Å². The van der Waals surface area contributed by atoms with E-state index in [0.717, 1.165) is 64.2 Å². The molecular formula is C46H84NO11P. The monoisotopic (exact) mass is 858 g/mol. The van der Waals surface area contributed by atoms with E-state index in [2.05, 4.69) is 42.7 Å². The zero-order valence-corrected chi connectivity index (χ0v) is 37.9. The van der Waals surface area contributed by atoms with Crippen molar-refractivity contribution in [3.05, 3.63) is 24.3 Å². The van der Waals surface area contributed by atoms with Gasteiger partial charge in [-0.1, -0.05) is 154 Å². The Hall–Kier alpha value is -2.08. The molecule has 0 aromatic carbocycles. The molecule has 0 aromatic heterocycles. The van der Waals surface area contributed by atoms with Gasteiger partial charge in [-0.15, -0.1) is 0 Å². The van der Waals surface area contributed by atoms with Crippen molar-refractivity contribution in [1.29, 1.82) is 0 Å². The number of carboxylic acid groups (broad SMARTS) is 1. The number of nitrogens with two attached hydrogens (primary N) is 1. The summed E-state index contributed by atoms with van der Waals surface area (Å²) < 4.78 is 38.6. The number of epoxide rings is 1. The Morgan fingerprint density at radius 2 is 1.07 bits per heavy atom. The fourth-order valence-corrected chi connectivity index (χ4v) is 7.55. The fourth-order valence-electron chi connectivity index (χ4n) is 6.77. The summed E-state index contributed by atoms with van der Waals surface area (Å²) in [5.74, 6) is -2.40. The third-order valence-corrected chi connectivity index (χ3v) is 11.5. The number of unbranched alkanes of at least 4 members (excludes halogenated alkanes) is 22. The van der Waals surface area contributed by atoms with Crippen LogP contribution in [0, 0.1) is 0 Å². The molecule has 1 aliphatic rings. The molecule has 0 bridgehead atoms. The van der Waals surface area contributed by atoms with E-state index in [4.69, 9.17) is 29.6 Å². The Kier molecular flexibility index (Phi) is 35.1. The molecule has 12 nitrogen and oxygen atoms in total. The van der Waals surface area contributed by atoms with Crippen molar-refractivity contribution in [3.8, 4) is 0 Å². The molecule has 1 fully saturated rings. The zero-order valence-electron chi connectivity index (χ0n) is 37.0. The fraction of sp³-hybridized carbons (Fsp3) is 0.848. The Bertz CT molecular complexity index is 1170. The number of carboxylic acids is 1. The van der Waals surface area contributed by atoms with E-state index in [0.29, 0.717) is 25.0 Å². The minimum atomic E-state index is -4.72. The lowest BCUT2D eigenvalue weighted by Crippen LogP contribution is -2.34. The molecule has 0 amide bonds. The summed E-state index contributed by atoms with van der Waals surface area (Å²) in [5, 5.41) is 8.91. The van der Waals surface area contributed by atoms with Gasteiger partial charge in [0.1, 0.15) is 12.6 Å². The van der Waals surface area contributed by atoms with Crippen molar-refractivity contribution < 1.29 is 52.2 Å². The highest BCUT2D eigenvalue weighted by Gasteiger charge is 2.36. The Morgan fingerprint density at radius 3 is 1.64 bits per heavy atom. The second-order valence-corrected chi connectivity index (χ2v) is 17.7. The van der Waals surface area contributed by atoms with Gasteiger partial charge in [0.15, 0.2) is 6.10 Å². The van der Waals surface area contributed by atoms with Gasteiger partial charge < -0.3 is 29.9 Å². The van der Waals surface area contributed by atoms with Gasteiger partial charge in [-0.05, 0) is 64.2 Å². The van der Waals surface area contributed by atoms with Crippen molar-refractivity contribution in [2.75, 3.05) is 19.8 Å². The van der Waals surface area contributed by atoms with Crippen LogP contribution in [0.2, 0.25) is 0 Å². The molecule has 1 saturated heterocycles. The number of carbonyl (C=O) groups excluding carboxylic acids is 2. The first-order chi connectivity index (χ1) is 28.6. The Morgan fingerprint density at radius 1 is 0.610 bits per heavy atom. The molecular weight excluding hydrogens is 773 g/mol. The molecule has 1 heterocycles. The quantitative estimate of drug-likeness (QED) is 0.0174. The van der Waals surface area contributed by atoms with E-state index in [1.165, 1.54) is 103 Å². The first kappa shape index (κ1) is 54.9. The Labute approximate surface area is 357 Å². The lowest BCUT2D eigenvalue weighted by atomic mass is 10.1. The minimum absolute atomic E-state index is 0.154. The summed E-state index contributed by atoms with van der Waals surface area (Å²) in [7, 11) is -4.72. The standard InChI is InChI=1S/C46H84NO11P/c1-3-5-7-9-11-12-13-14-15-16-17-18-19-20-21-22-23-27-32-36-45(49)57-40(38-55-59(52,53)56-39-41(47)46(50)51)37-54-44(48)35-31-28-24-26-30-34-43-42(58-43)33-29-25-10-8-6-4-2/h14-15,25,29,40-43H,3-13,16-24,26-28,30-39,47H2,1-2H3,(H,50,51)(H,52,53)/b15-14-,29-25-/t40-,41+,42?,43?/m1/s1. The number of phosphoric acid groups is 1. The molecule has 1 rings (SSSR count). The van der Waals surface area contributed by atoms with Crippen molar-refractivity contribution in [2.45, 2.75) is 231 Å². The van der Waals surface area contributed by atoms with Crippen molar-refractivity contribution in [3.63, 3.8) is 0 Å². The van der Waals surface area contributed by atoms with Crippen LogP contribution in [0.15, 0.2) is 24.3 Å². The summed E-state index contributed by atoms with van der Waals surface area (Å²) in [6.07, 6.45) is 41.1. The topological polar surface area (TPSA) is 184 Å². The van der Waals surface area contributed by atoms with Crippen molar-refractivity contribution in [2.24, 2.45) is 5.73 Å². The number of ether oxygens (including phenoxy) is 3. The number of hydrogen-bond donors (Lipinski definition) is 3. The van der Waals surface area contributed by atoms with Crippen LogP contribution in [-0.4, -0.2) is 72.1 Å². The third-order valence-electron chi connectivity index (χ3n) is 10.6. The maximum Gasteiger partial charge on any atom is 0.472 e. The number of allylic oxidation sites excluding steroid dienone is 3. The van der Waals surface area contributed by atoms with Gasteiger partial charge in [0.2, 0.25) is 0 Å². The summed E-state index contributed by atoms with van der Waals surface area (Å²) in [4.78, 5) is 46.1. The molecule has 59 heavy (non-hydrogen) atoms. The number of carbonyl (C=O) groups is 3. The molecule has 0 aromatic rings. The van der Waals surface area contributed by atoms with Crippen LogP contribution in [0.3, 0.4) is 0 Å². The first-order valence-corrected chi connectivity index (χ1v) is 25.0. The van der Waals surface area contributed by atoms with Crippen LogP contribution in [0.25, 0.3) is 0 Å². The predicted octanol–water partition coefficient (Wildman–Crippen LogP) is 11.6. The summed E-state index contributed by atoms with van der Waals surface area (Å²) in [6.45, 7) is 2.76. The molecule has 0 radical (unpaired) electrons. The van der Waals surface area contributed by atoms with Crippen LogP contribution in [-0.2, 0) is 42.2 Å². The molecule has 1 aliphatic heterocycles. The van der Waals surface area contributed by atoms with E-state index < -0.39 is 51.1 Å². The normalized spacial score (nSPS) is 17.3. The summed E-state index contributed by atoms with van der Waals surface area (Å²) in [5.41, 5.74) is 5.34. The smallest absolute Gasteiger partial charge is 0.472 e. The second kappa shape index (κ2) is 37.7. The zero-order chi connectivity index (χ0) is 43.2. The van der Waals surface area contributed by atoms with E-state index in [9.17, 15) is 23.8 Å². The minimum Gasteiger partial charge on any atom is -0.480 e. The van der Waals surface area contributed by atoms with Crippen molar-refractivity contribution in [1.82, 2.24) is 0 Å². The molecule has 4 N–H and O–H groups in total. The van der Waals surface area contributed by atoms with Crippen LogP contribution < -0.4 is 5.73 Å². The maximum atomic E-state index is 12.7. The van der Waals surface area contributed by atoms with E-state index in [1.54, 1.807) is 0 Å². The van der Waals surface area contributed by atoms with Crippen LogP contribution in [0.5, 0.6) is 0 Å². The molecule has 3 unspecified atom stereocenters. The molecule has 0 spiro atoms. The molecule has 344 valence electrons. The highest BCUT2D eigenvalue weighted by molar-refractivity contribution is 7.47. The molecule has 0 saturated carbocycles. The lowest BCUT2D eigenvalue weighted by Gasteiger charge is -2.20. The number of phosphoric ester groups is 1. The van der Waals surface area contributed by atoms with Gasteiger partial charge in [-0.3, -0.25) is 23.4 Å². The number of esters is 2. The van der Waals surface area contributed by atoms with E-state index in [-0.39, 0.29) is 19.4 Å². The average Bonchev–Trinajstić information content (AvgIpc) is 3.97. The van der Waals surface area contributed by atoms with Gasteiger partial charge in [0.05, 0.1) is 25.4 Å². The number of aliphatic carboxylic acids is 1. The first-order valence-electron chi connectivity index (χ1n) is 23.5. The summed E-state index contributed by atoms with van der Waals surface area (Å²) in [6, 6.07) is -1.53. The van der Waals surface area contributed by atoms with Crippen LogP contribution in [0.1, 0.15) is 206 Å². The largest absolute Gasteiger partial charge is 0.480 e. The second-order valence-electron chi connectivity index (χ2n) is 16.3. The van der Waals surface area contributed by atoms with Gasteiger partial charge in [0.25, 0.3) is 0 Å². The maximum absolute atomic E-state index is 12.7. The molecule has 5 atom stereocenters. The van der Waals surface area contributed by atoms with Crippen molar-refractivity contribution >= 4 is 25.7 Å².